The second-order valence-electron chi connectivity index (χ2n) is 10.0. The zero-order chi connectivity index (χ0) is 28.3. The quantitative estimate of drug-likeness (QED) is 0.329. The van der Waals surface area contributed by atoms with Gasteiger partial charge in [0, 0.05) is 25.8 Å². The summed E-state index contributed by atoms with van der Waals surface area (Å²) in [5.74, 6) is -0.530. The Bertz CT molecular complexity index is 1570. The van der Waals surface area contributed by atoms with E-state index in [-0.39, 0.29) is 29.1 Å². The van der Waals surface area contributed by atoms with Crippen LogP contribution in [-0.2, 0) is 26.2 Å². The third kappa shape index (κ3) is 5.63. The monoisotopic (exact) mass is 564 g/mol. The average Bonchev–Trinajstić information content (AvgIpc) is 3.63. The molecule has 4 aromatic rings. The normalized spacial score (nSPS) is 15.3. The van der Waals surface area contributed by atoms with Crippen molar-refractivity contribution in [2.45, 2.75) is 55.6 Å². The predicted molar refractivity (Wildman–Crippen MR) is 149 cm³/mol. The number of fused-ring (bicyclic) bond motifs is 1. The molecule has 2 heterocycles. The lowest BCUT2D eigenvalue weighted by atomic mass is 9.95. The first kappa shape index (κ1) is 27.5. The fourth-order valence-corrected chi connectivity index (χ4v) is 5.91. The molecule has 2 aromatic heterocycles. The number of anilines is 1. The Morgan fingerprint density at radius 3 is 2.42 bits per heavy atom. The summed E-state index contributed by atoms with van der Waals surface area (Å²) in [4.78, 5) is 29.3. The van der Waals surface area contributed by atoms with Crippen LogP contribution in [0.1, 0.15) is 43.9 Å². The summed E-state index contributed by atoms with van der Waals surface area (Å²) in [5.41, 5.74) is 1.65. The molecule has 1 fully saturated rings. The number of para-hydroxylation sites is 1. The lowest BCUT2D eigenvalue weighted by Crippen LogP contribution is -2.48. The Labute approximate surface area is 232 Å². The molecule has 0 spiro atoms. The van der Waals surface area contributed by atoms with E-state index in [0.717, 1.165) is 36.4 Å². The second kappa shape index (κ2) is 11.6. The molecule has 1 atom stereocenters. The van der Waals surface area contributed by atoms with Gasteiger partial charge in [-0.05, 0) is 61.4 Å². The number of amides is 2. The van der Waals surface area contributed by atoms with Gasteiger partial charge in [-0.3, -0.25) is 14.5 Å². The van der Waals surface area contributed by atoms with Gasteiger partial charge in [0.25, 0.3) is 5.91 Å². The van der Waals surface area contributed by atoms with Crippen LogP contribution in [0.15, 0.2) is 76.2 Å². The van der Waals surface area contributed by atoms with Crippen LogP contribution in [0.2, 0.25) is 0 Å². The van der Waals surface area contributed by atoms with Crippen LogP contribution < -0.4 is 10.2 Å². The lowest BCUT2D eigenvalue weighted by molar-refractivity contribution is -0.128. The van der Waals surface area contributed by atoms with Gasteiger partial charge in [-0.25, -0.2) is 17.4 Å². The van der Waals surface area contributed by atoms with Crippen molar-refractivity contribution in [3.05, 3.63) is 72.7 Å². The highest BCUT2D eigenvalue weighted by atomic mass is 32.2. The fraction of sp³-hybridized carbons (Fsp3) is 0.357. The van der Waals surface area contributed by atoms with Crippen molar-refractivity contribution in [3.8, 4) is 0 Å². The van der Waals surface area contributed by atoms with E-state index in [1.165, 1.54) is 54.2 Å². The highest BCUT2D eigenvalue weighted by Crippen LogP contribution is 2.31. The van der Waals surface area contributed by atoms with E-state index in [9.17, 15) is 18.0 Å². The van der Waals surface area contributed by atoms with Gasteiger partial charge in [0.15, 0.2) is 6.04 Å². The molecule has 0 saturated heterocycles. The number of benzene rings is 2. The Kier molecular flexibility index (Phi) is 7.99. The number of rotatable bonds is 9. The Hall–Kier alpha value is -4.03. The molecule has 0 unspecified atom stereocenters. The first-order valence-electron chi connectivity index (χ1n) is 13.2. The summed E-state index contributed by atoms with van der Waals surface area (Å²) < 4.78 is 33.6. The van der Waals surface area contributed by atoms with E-state index >= 15 is 0 Å². The topological polar surface area (TPSA) is 131 Å². The largest absolute Gasteiger partial charge is 0.467 e. The van der Waals surface area contributed by atoms with E-state index in [1.54, 1.807) is 18.2 Å². The van der Waals surface area contributed by atoms with Crippen molar-refractivity contribution in [3.63, 3.8) is 0 Å². The third-order valence-electron chi connectivity index (χ3n) is 7.14. The molecule has 1 aliphatic rings. The summed E-state index contributed by atoms with van der Waals surface area (Å²) in [6.07, 6.45) is 6.38. The van der Waals surface area contributed by atoms with Crippen LogP contribution in [0.25, 0.3) is 11.0 Å². The molecule has 1 saturated carbocycles. The SMILES string of the molecule is CN(C)S(=O)(=O)c1ccc(N(C(=O)Cn2nnc3ccccc32)[C@H](C(=O)NC2CCCCC2)c2ccco2)cc1. The highest BCUT2D eigenvalue weighted by Gasteiger charge is 2.36. The van der Waals surface area contributed by atoms with Crippen LogP contribution in [0, 0.1) is 0 Å². The number of hydrogen-bond acceptors (Lipinski definition) is 7. The zero-order valence-electron chi connectivity index (χ0n) is 22.4. The molecule has 210 valence electrons. The summed E-state index contributed by atoms with van der Waals surface area (Å²) in [6, 6.07) is 15.4. The van der Waals surface area contributed by atoms with Crippen LogP contribution in [0.4, 0.5) is 5.69 Å². The molecule has 2 amide bonds. The molecule has 1 N–H and O–H groups in total. The van der Waals surface area contributed by atoms with Crippen molar-refractivity contribution in [2.75, 3.05) is 19.0 Å². The van der Waals surface area contributed by atoms with Crippen molar-refractivity contribution in [1.82, 2.24) is 24.6 Å². The molecular formula is C28H32N6O5S. The van der Waals surface area contributed by atoms with Gasteiger partial charge in [-0.15, -0.1) is 5.10 Å². The molecule has 0 aliphatic heterocycles. The standard InChI is InChI=1S/C28H32N6O5S/c1-32(2)40(37,38)22-16-14-21(15-17-22)34(26(35)19-33-24-12-7-6-11-23(24)30-31-33)27(25-13-8-18-39-25)28(36)29-20-9-4-3-5-10-20/h6-8,11-18,20,27H,3-5,9-10,19H2,1-2H3,(H,29,36)/t27-/m0/s1. The maximum Gasteiger partial charge on any atom is 0.251 e. The zero-order valence-corrected chi connectivity index (χ0v) is 23.3. The van der Waals surface area contributed by atoms with E-state index < -0.39 is 22.0 Å². The van der Waals surface area contributed by atoms with Crippen molar-refractivity contribution in [1.29, 1.82) is 0 Å². The maximum atomic E-state index is 14.1. The van der Waals surface area contributed by atoms with Gasteiger partial charge < -0.3 is 9.73 Å². The number of carbonyl (C=O) groups is 2. The summed E-state index contributed by atoms with van der Waals surface area (Å²) in [7, 11) is -0.797. The number of hydrogen-bond donors (Lipinski definition) is 1. The van der Waals surface area contributed by atoms with Crippen LogP contribution in [0.3, 0.4) is 0 Å². The predicted octanol–water partition coefficient (Wildman–Crippen LogP) is 3.50. The number of furan rings is 1. The number of nitrogens with zero attached hydrogens (tertiary/aromatic N) is 5. The average molecular weight is 565 g/mol. The Morgan fingerprint density at radius 2 is 1.75 bits per heavy atom. The molecule has 1 aliphatic carbocycles. The first-order chi connectivity index (χ1) is 19.3. The molecule has 40 heavy (non-hydrogen) atoms. The molecule has 5 rings (SSSR count). The van der Waals surface area contributed by atoms with Gasteiger partial charge >= 0.3 is 0 Å². The van der Waals surface area contributed by atoms with Gasteiger partial charge in [0.1, 0.15) is 17.8 Å². The maximum absolute atomic E-state index is 14.1. The van der Waals surface area contributed by atoms with E-state index in [2.05, 4.69) is 15.6 Å². The third-order valence-corrected chi connectivity index (χ3v) is 8.97. The Morgan fingerprint density at radius 1 is 1.02 bits per heavy atom. The fourth-order valence-electron chi connectivity index (χ4n) is 5.01. The van der Waals surface area contributed by atoms with E-state index in [4.69, 9.17) is 4.42 Å². The minimum Gasteiger partial charge on any atom is -0.467 e. The van der Waals surface area contributed by atoms with Gasteiger partial charge in [0.2, 0.25) is 15.9 Å². The molecule has 11 nitrogen and oxygen atoms in total. The van der Waals surface area contributed by atoms with Gasteiger partial charge in [-0.2, -0.15) is 0 Å². The van der Waals surface area contributed by atoms with E-state index in [0.29, 0.717) is 16.7 Å². The van der Waals surface area contributed by atoms with Crippen molar-refractivity contribution < 1.29 is 22.4 Å². The molecule has 2 aromatic carbocycles. The number of sulfonamides is 1. The number of aromatic nitrogens is 3. The summed E-state index contributed by atoms with van der Waals surface area (Å²) in [5, 5.41) is 11.4. The van der Waals surface area contributed by atoms with Gasteiger partial charge in [-0.1, -0.05) is 36.6 Å². The first-order valence-corrected chi connectivity index (χ1v) is 14.7. The van der Waals surface area contributed by atoms with Crippen LogP contribution in [-0.4, -0.2) is 59.7 Å². The minimum absolute atomic E-state index is 0.00235. The Balaban J connectivity index is 1.55. The van der Waals surface area contributed by atoms with Crippen LogP contribution >= 0.6 is 0 Å². The molecule has 0 bridgehead atoms. The summed E-state index contributed by atoms with van der Waals surface area (Å²) in [6.45, 7) is -0.202. The molecule has 0 radical (unpaired) electrons. The van der Waals surface area contributed by atoms with E-state index in [1.807, 2.05) is 18.2 Å². The van der Waals surface area contributed by atoms with Crippen LogP contribution in [0.5, 0.6) is 0 Å². The number of nitrogens with one attached hydrogen (secondary N) is 1. The smallest absolute Gasteiger partial charge is 0.251 e. The minimum atomic E-state index is -3.69. The summed E-state index contributed by atoms with van der Waals surface area (Å²) >= 11 is 0. The highest BCUT2D eigenvalue weighted by molar-refractivity contribution is 7.89. The molecule has 12 heteroatoms. The lowest BCUT2D eigenvalue weighted by Gasteiger charge is -2.32. The van der Waals surface area contributed by atoms with Gasteiger partial charge in [0.05, 0.1) is 16.7 Å². The second-order valence-corrected chi connectivity index (χ2v) is 12.2. The van der Waals surface area contributed by atoms with Crippen molar-refractivity contribution in [2.24, 2.45) is 0 Å². The molecular weight excluding hydrogens is 532 g/mol. The van der Waals surface area contributed by atoms with Crippen molar-refractivity contribution >= 4 is 38.6 Å². The number of carbonyl (C=O) groups excluding carboxylic acids is 2.